The van der Waals surface area contributed by atoms with Crippen molar-refractivity contribution in [2.24, 2.45) is 5.92 Å². The van der Waals surface area contributed by atoms with Crippen LogP contribution in [0.25, 0.3) is 0 Å². The van der Waals surface area contributed by atoms with E-state index in [1.54, 1.807) is 0 Å². The zero-order chi connectivity index (χ0) is 9.68. The van der Waals surface area contributed by atoms with Crippen molar-refractivity contribution in [2.75, 3.05) is 19.6 Å². The molecule has 0 N–H and O–H groups in total. The highest BCUT2D eigenvalue weighted by Crippen LogP contribution is 2.18. The van der Waals surface area contributed by atoms with Gasteiger partial charge in [-0.3, -0.25) is 0 Å². The lowest BCUT2D eigenvalue weighted by Crippen LogP contribution is -2.33. The van der Waals surface area contributed by atoms with Crippen LogP contribution in [0.4, 0.5) is 0 Å². The summed E-state index contributed by atoms with van der Waals surface area (Å²) in [5, 5.41) is 0. The highest BCUT2D eigenvalue weighted by molar-refractivity contribution is 4.90. The topological polar surface area (TPSA) is 3.24 Å². The molecule has 0 radical (unpaired) electrons. The predicted molar refractivity (Wildman–Crippen MR) is 58.8 cm³/mol. The first kappa shape index (κ1) is 10.5. The van der Waals surface area contributed by atoms with E-state index >= 15 is 0 Å². The summed E-state index contributed by atoms with van der Waals surface area (Å²) < 4.78 is 0. The third kappa shape index (κ3) is 3.77. The third-order valence-electron chi connectivity index (χ3n) is 2.82. The molecule has 1 aliphatic heterocycles. The second-order valence-electron chi connectivity index (χ2n) is 4.12. The summed E-state index contributed by atoms with van der Waals surface area (Å²) in [4.78, 5) is 2.54. The third-order valence-corrected chi connectivity index (χ3v) is 2.82. The molecule has 0 saturated carbocycles. The van der Waals surface area contributed by atoms with Gasteiger partial charge < -0.3 is 4.90 Å². The molecule has 1 nitrogen and oxygen atoms in total. The Hall–Kier alpha value is -0.560. The van der Waals surface area contributed by atoms with E-state index in [1.165, 1.54) is 38.0 Å². The summed E-state index contributed by atoms with van der Waals surface area (Å²) in [6, 6.07) is 0. The van der Waals surface area contributed by atoms with Crippen molar-refractivity contribution in [3.63, 3.8) is 0 Å². The Balaban J connectivity index is 2.17. The van der Waals surface area contributed by atoms with Gasteiger partial charge in [0.15, 0.2) is 0 Å². The first-order valence-electron chi connectivity index (χ1n) is 5.21. The Kier molecular flexibility index (Phi) is 4.23. The molecule has 0 bridgehead atoms. The summed E-state index contributed by atoms with van der Waals surface area (Å²) in [6.07, 6.45) is 5.84. The molecule has 0 spiro atoms. The molecular formula is C12H21N. The van der Waals surface area contributed by atoms with Crippen molar-refractivity contribution < 1.29 is 0 Å². The quantitative estimate of drug-likeness (QED) is 0.600. The van der Waals surface area contributed by atoms with Crippen LogP contribution in [0.3, 0.4) is 0 Å². The first-order valence-corrected chi connectivity index (χ1v) is 5.21. The molecule has 0 atom stereocenters. The van der Waals surface area contributed by atoms with Gasteiger partial charge in [0, 0.05) is 6.54 Å². The highest BCUT2D eigenvalue weighted by atomic mass is 15.1. The normalized spacial score (nSPS) is 20.1. The van der Waals surface area contributed by atoms with Crippen LogP contribution >= 0.6 is 0 Å². The van der Waals surface area contributed by atoms with Crippen LogP contribution in [-0.2, 0) is 0 Å². The van der Waals surface area contributed by atoms with Crippen LogP contribution in [0.2, 0.25) is 0 Å². The Morgan fingerprint density at radius 3 is 2.54 bits per heavy atom. The van der Waals surface area contributed by atoms with E-state index in [1.807, 2.05) is 0 Å². The van der Waals surface area contributed by atoms with Crippen LogP contribution in [0, 0.1) is 5.92 Å². The minimum Gasteiger partial charge on any atom is -0.303 e. The summed E-state index contributed by atoms with van der Waals surface area (Å²) in [5.74, 6) is 0.765. The van der Waals surface area contributed by atoms with Gasteiger partial charge in [0.1, 0.15) is 0 Å². The molecular weight excluding hydrogens is 158 g/mol. The average Bonchev–Trinajstić information content (AvgIpc) is 2.15. The molecule has 13 heavy (non-hydrogen) atoms. The molecule has 0 aromatic rings. The maximum atomic E-state index is 3.93. The van der Waals surface area contributed by atoms with Crippen LogP contribution in [0.1, 0.15) is 26.2 Å². The second-order valence-corrected chi connectivity index (χ2v) is 4.12. The van der Waals surface area contributed by atoms with E-state index < -0.39 is 0 Å². The Morgan fingerprint density at radius 1 is 1.46 bits per heavy atom. The standard InChI is InChI=1S/C12H21N/c1-4-12-6-9-13(10-7-12)8-5-11(2)3/h4,12H,1-2,5-10H2,3H3. The number of rotatable bonds is 4. The minimum absolute atomic E-state index is 0.765. The fraction of sp³-hybridized carbons (Fsp3) is 0.667. The van der Waals surface area contributed by atoms with Gasteiger partial charge in [0.2, 0.25) is 0 Å². The van der Waals surface area contributed by atoms with Crippen molar-refractivity contribution in [1.82, 2.24) is 4.90 Å². The molecule has 1 fully saturated rings. The van der Waals surface area contributed by atoms with Crippen LogP contribution in [0.15, 0.2) is 24.8 Å². The molecule has 0 aliphatic carbocycles. The van der Waals surface area contributed by atoms with Gasteiger partial charge in [-0.15, -0.1) is 13.2 Å². The molecule has 0 amide bonds. The lowest BCUT2D eigenvalue weighted by Gasteiger charge is -2.30. The number of nitrogens with zero attached hydrogens (tertiary/aromatic N) is 1. The molecule has 1 aliphatic rings. The molecule has 0 unspecified atom stereocenters. The number of hydrogen-bond acceptors (Lipinski definition) is 1. The van der Waals surface area contributed by atoms with E-state index in [4.69, 9.17) is 0 Å². The van der Waals surface area contributed by atoms with Gasteiger partial charge in [-0.05, 0) is 45.2 Å². The van der Waals surface area contributed by atoms with Crippen molar-refractivity contribution in [2.45, 2.75) is 26.2 Å². The van der Waals surface area contributed by atoms with Crippen molar-refractivity contribution in [3.05, 3.63) is 24.8 Å². The maximum absolute atomic E-state index is 3.93. The van der Waals surface area contributed by atoms with Gasteiger partial charge in [-0.1, -0.05) is 11.6 Å². The molecule has 1 heterocycles. The van der Waals surface area contributed by atoms with Crippen LogP contribution in [-0.4, -0.2) is 24.5 Å². The maximum Gasteiger partial charge on any atom is 0.00184 e. The predicted octanol–water partition coefficient (Wildman–Crippen LogP) is 2.85. The number of likely N-dealkylation sites (tertiary alicyclic amines) is 1. The highest BCUT2D eigenvalue weighted by Gasteiger charge is 2.15. The van der Waals surface area contributed by atoms with Gasteiger partial charge in [0.25, 0.3) is 0 Å². The molecule has 1 rings (SSSR count). The summed E-state index contributed by atoms with van der Waals surface area (Å²) >= 11 is 0. The fourth-order valence-corrected chi connectivity index (χ4v) is 1.76. The molecule has 0 aromatic carbocycles. The van der Waals surface area contributed by atoms with Crippen molar-refractivity contribution >= 4 is 0 Å². The minimum atomic E-state index is 0.765. The van der Waals surface area contributed by atoms with Gasteiger partial charge in [0.05, 0.1) is 0 Å². The smallest absolute Gasteiger partial charge is 0.00184 e. The van der Waals surface area contributed by atoms with E-state index in [-0.39, 0.29) is 0 Å². The van der Waals surface area contributed by atoms with E-state index in [0.29, 0.717) is 0 Å². The SMILES string of the molecule is C=CC1CCN(CCC(=C)C)CC1. The first-order chi connectivity index (χ1) is 6.22. The Morgan fingerprint density at radius 2 is 2.08 bits per heavy atom. The average molecular weight is 179 g/mol. The summed E-state index contributed by atoms with van der Waals surface area (Å²) in [5.41, 5.74) is 1.30. The summed E-state index contributed by atoms with van der Waals surface area (Å²) in [7, 11) is 0. The largest absolute Gasteiger partial charge is 0.303 e. The second kappa shape index (κ2) is 5.23. The molecule has 1 saturated heterocycles. The monoisotopic (exact) mass is 179 g/mol. The van der Waals surface area contributed by atoms with Crippen LogP contribution < -0.4 is 0 Å². The Bertz CT molecular complexity index is 176. The summed E-state index contributed by atoms with van der Waals surface area (Å²) in [6.45, 7) is 13.6. The number of allylic oxidation sites excluding steroid dienone is 1. The van der Waals surface area contributed by atoms with E-state index in [2.05, 4.69) is 31.1 Å². The number of piperidine rings is 1. The number of hydrogen-bond donors (Lipinski definition) is 0. The molecule has 74 valence electrons. The molecule has 1 heteroatoms. The van der Waals surface area contributed by atoms with Gasteiger partial charge >= 0.3 is 0 Å². The lowest BCUT2D eigenvalue weighted by molar-refractivity contribution is 0.205. The van der Waals surface area contributed by atoms with E-state index in [9.17, 15) is 0 Å². The Labute approximate surface area is 82.1 Å². The zero-order valence-electron chi connectivity index (χ0n) is 8.76. The lowest BCUT2D eigenvalue weighted by atomic mass is 9.97. The van der Waals surface area contributed by atoms with Crippen molar-refractivity contribution in [1.29, 1.82) is 0 Å². The fourth-order valence-electron chi connectivity index (χ4n) is 1.76. The van der Waals surface area contributed by atoms with Crippen LogP contribution in [0.5, 0.6) is 0 Å². The van der Waals surface area contributed by atoms with Gasteiger partial charge in [-0.25, -0.2) is 0 Å². The molecule has 0 aromatic heterocycles. The van der Waals surface area contributed by atoms with Gasteiger partial charge in [-0.2, -0.15) is 0 Å². The zero-order valence-corrected chi connectivity index (χ0v) is 8.76. The van der Waals surface area contributed by atoms with Crippen molar-refractivity contribution in [3.8, 4) is 0 Å². The van der Waals surface area contributed by atoms with E-state index in [0.717, 1.165) is 12.3 Å².